The van der Waals surface area contributed by atoms with Gasteiger partial charge in [0.25, 0.3) is 0 Å². The van der Waals surface area contributed by atoms with Gasteiger partial charge in [-0.1, -0.05) is 13.8 Å². The molecular weight excluding hydrogens is 224 g/mol. The Kier molecular flexibility index (Phi) is 5.20. The molecule has 0 spiro atoms. The SMILES string of the molecule is CCN(CC)CC1CCCN1CCn1ccnc1. The summed E-state index contributed by atoms with van der Waals surface area (Å²) in [6, 6.07) is 0.758. The first-order valence-corrected chi connectivity index (χ1v) is 7.25. The van der Waals surface area contributed by atoms with E-state index in [4.69, 9.17) is 0 Å². The smallest absolute Gasteiger partial charge is 0.0946 e. The van der Waals surface area contributed by atoms with Crippen molar-refractivity contribution < 1.29 is 0 Å². The van der Waals surface area contributed by atoms with Crippen LogP contribution in [0.15, 0.2) is 18.7 Å². The second kappa shape index (κ2) is 6.90. The van der Waals surface area contributed by atoms with Gasteiger partial charge in [-0.3, -0.25) is 4.90 Å². The van der Waals surface area contributed by atoms with Crippen LogP contribution in [-0.4, -0.2) is 58.1 Å². The van der Waals surface area contributed by atoms with Crippen LogP contribution in [-0.2, 0) is 6.54 Å². The molecule has 1 aliphatic heterocycles. The highest BCUT2D eigenvalue weighted by molar-refractivity contribution is 4.83. The van der Waals surface area contributed by atoms with Crippen molar-refractivity contribution >= 4 is 0 Å². The normalized spacial score (nSPS) is 20.9. The van der Waals surface area contributed by atoms with Crippen LogP contribution in [0.3, 0.4) is 0 Å². The fraction of sp³-hybridized carbons (Fsp3) is 0.786. The summed E-state index contributed by atoms with van der Waals surface area (Å²) in [5, 5.41) is 0. The maximum Gasteiger partial charge on any atom is 0.0946 e. The van der Waals surface area contributed by atoms with E-state index in [1.165, 1.54) is 39.0 Å². The Labute approximate surface area is 111 Å². The number of likely N-dealkylation sites (tertiary alicyclic amines) is 1. The van der Waals surface area contributed by atoms with Gasteiger partial charge in [0.2, 0.25) is 0 Å². The molecule has 0 saturated carbocycles. The molecule has 1 fully saturated rings. The maximum atomic E-state index is 4.10. The summed E-state index contributed by atoms with van der Waals surface area (Å²) in [7, 11) is 0. The van der Waals surface area contributed by atoms with Crippen molar-refractivity contribution in [2.45, 2.75) is 39.3 Å². The summed E-state index contributed by atoms with van der Waals surface area (Å²) in [6.45, 7) is 11.6. The molecule has 0 aromatic carbocycles. The molecule has 0 aliphatic carbocycles. The first-order chi connectivity index (χ1) is 8.83. The van der Waals surface area contributed by atoms with Crippen LogP contribution >= 0.6 is 0 Å². The summed E-state index contributed by atoms with van der Waals surface area (Å²) in [6.07, 6.45) is 8.54. The molecule has 0 bridgehead atoms. The van der Waals surface area contributed by atoms with E-state index in [9.17, 15) is 0 Å². The van der Waals surface area contributed by atoms with Crippen LogP contribution in [0.4, 0.5) is 0 Å². The van der Waals surface area contributed by atoms with Gasteiger partial charge in [0, 0.05) is 38.1 Å². The second-order valence-electron chi connectivity index (χ2n) is 5.12. The van der Waals surface area contributed by atoms with E-state index in [2.05, 4.69) is 39.4 Å². The lowest BCUT2D eigenvalue weighted by Gasteiger charge is -2.29. The number of hydrogen-bond donors (Lipinski definition) is 0. The highest BCUT2D eigenvalue weighted by atomic mass is 15.2. The number of aromatic nitrogens is 2. The molecule has 1 atom stereocenters. The lowest BCUT2D eigenvalue weighted by atomic mass is 10.2. The summed E-state index contributed by atoms with van der Waals surface area (Å²) in [5.74, 6) is 0. The van der Waals surface area contributed by atoms with Gasteiger partial charge in [-0.25, -0.2) is 4.98 Å². The molecule has 0 radical (unpaired) electrons. The first-order valence-electron chi connectivity index (χ1n) is 7.25. The average molecular weight is 250 g/mol. The number of rotatable bonds is 7. The molecule has 1 aromatic rings. The molecule has 0 amide bonds. The van der Waals surface area contributed by atoms with Gasteiger partial charge >= 0.3 is 0 Å². The van der Waals surface area contributed by atoms with Gasteiger partial charge in [-0.15, -0.1) is 0 Å². The molecule has 2 rings (SSSR count). The van der Waals surface area contributed by atoms with Gasteiger partial charge in [-0.2, -0.15) is 0 Å². The summed E-state index contributed by atoms with van der Waals surface area (Å²) >= 11 is 0. The molecule has 2 heterocycles. The highest BCUT2D eigenvalue weighted by Gasteiger charge is 2.25. The molecule has 102 valence electrons. The van der Waals surface area contributed by atoms with Crippen LogP contribution in [0, 0.1) is 0 Å². The van der Waals surface area contributed by atoms with E-state index in [0.717, 1.165) is 19.1 Å². The van der Waals surface area contributed by atoms with Crippen molar-refractivity contribution in [3.63, 3.8) is 0 Å². The Balaban J connectivity index is 1.79. The number of imidazole rings is 1. The zero-order valence-electron chi connectivity index (χ0n) is 11.8. The van der Waals surface area contributed by atoms with Crippen LogP contribution < -0.4 is 0 Å². The zero-order valence-corrected chi connectivity index (χ0v) is 11.8. The Bertz CT molecular complexity index is 319. The Hall–Kier alpha value is -0.870. The minimum atomic E-state index is 0.758. The van der Waals surface area contributed by atoms with E-state index < -0.39 is 0 Å². The maximum absolute atomic E-state index is 4.10. The summed E-state index contributed by atoms with van der Waals surface area (Å²) in [5.41, 5.74) is 0. The molecule has 0 N–H and O–H groups in total. The van der Waals surface area contributed by atoms with Gasteiger partial charge in [0.05, 0.1) is 6.33 Å². The number of nitrogens with zero attached hydrogens (tertiary/aromatic N) is 4. The molecule has 1 unspecified atom stereocenters. The van der Waals surface area contributed by atoms with Crippen molar-refractivity contribution in [2.75, 3.05) is 32.7 Å². The molecule has 4 nitrogen and oxygen atoms in total. The highest BCUT2D eigenvalue weighted by Crippen LogP contribution is 2.18. The summed E-state index contributed by atoms with van der Waals surface area (Å²) < 4.78 is 2.17. The van der Waals surface area contributed by atoms with Gasteiger partial charge < -0.3 is 9.47 Å². The van der Waals surface area contributed by atoms with Crippen LogP contribution in [0.1, 0.15) is 26.7 Å². The van der Waals surface area contributed by atoms with E-state index in [1.54, 1.807) is 0 Å². The lowest BCUT2D eigenvalue weighted by Crippen LogP contribution is -2.41. The third kappa shape index (κ3) is 3.56. The average Bonchev–Trinajstić information content (AvgIpc) is 3.04. The lowest BCUT2D eigenvalue weighted by molar-refractivity contribution is 0.177. The van der Waals surface area contributed by atoms with Crippen LogP contribution in [0.5, 0.6) is 0 Å². The molecule has 1 aromatic heterocycles. The van der Waals surface area contributed by atoms with E-state index in [0.29, 0.717) is 0 Å². The minimum absolute atomic E-state index is 0.758. The molecule has 18 heavy (non-hydrogen) atoms. The van der Waals surface area contributed by atoms with Gasteiger partial charge in [0.15, 0.2) is 0 Å². The monoisotopic (exact) mass is 250 g/mol. The standard InChI is InChI=1S/C14H26N4/c1-3-16(4-2)12-14-6-5-8-18(14)11-10-17-9-7-15-13-17/h7,9,13-14H,3-6,8,10-12H2,1-2H3. The van der Waals surface area contributed by atoms with Crippen molar-refractivity contribution in [1.82, 2.24) is 19.4 Å². The first kappa shape index (κ1) is 13.6. The molecule has 1 aliphatic rings. The minimum Gasteiger partial charge on any atom is -0.336 e. The Morgan fingerprint density at radius 1 is 1.28 bits per heavy atom. The third-order valence-electron chi connectivity index (χ3n) is 4.07. The largest absolute Gasteiger partial charge is 0.336 e. The predicted octanol–water partition coefficient (Wildman–Crippen LogP) is 1.69. The molecular formula is C14H26N4. The fourth-order valence-corrected chi connectivity index (χ4v) is 2.84. The van der Waals surface area contributed by atoms with E-state index in [-0.39, 0.29) is 0 Å². The van der Waals surface area contributed by atoms with Gasteiger partial charge in [-0.05, 0) is 32.5 Å². The Morgan fingerprint density at radius 3 is 2.78 bits per heavy atom. The van der Waals surface area contributed by atoms with E-state index >= 15 is 0 Å². The molecule has 4 heteroatoms. The summed E-state index contributed by atoms with van der Waals surface area (Å²) in [4.78, 5) is 9.29. The fourth-order valence-electron chi connectivity index (χ4n) is 2.84. The van der Waals surface area contributed by atoms with Crippen LogP contribution in [0.25, 0.3) is 0 Å². The van der Waals surface area contributed by atoms with Gasteiger partial charge in [0.1, 0.15) is 0 Å². The second-order valence-corrected chi connectivity index (χ2v) is 5.12. The van der Waals surface area contributed by atoms with Crippen molar-refractivity contribution in [3.8, 4) is 0 Å². The van der Waals surface area contributed by atoms with Crippen LogP contribution in [0.2, 0.25) is 0 Å². The van der Waals surface area contributed by atoms with Crippen molar-refractivity contribution in [3.05, 3.63) is 18.7 Å². The van der Waals surface area contributed by atoms with Crippen molar-refractivity contribution in [2.24, 2.45) is 0 Å². The van der Waals surface area contributed by atoms with Crippen molar-refractivity contribution in [1.29, 1.82) is 0 Å². The Morgan fingerprint density at radius 2 is 2.11 bits per heavy atom. The third-order valence-corrected chi connectivity index (χ3v) is 4.07. The topological polar surface area (TPSA) is 24.3 Å². The number of likely N-dealkylation sites (N-methyl/N-ethyl adjacent to an activating group) is 1. The van der Waals surface area contributed by atoms with E-state index in [1.807, 2.05) is 12.5 Å². The quantitative estimate of drug-likeness (QED) is 0.736. The zero-order chi connectivity index (χ0) is 12.8. The molecule has 1 saturated heterocycles. The number of hydrogen-bond acceptors (Lipinski definition) is 3. The predicted molar refractivity (Wildman–Crippen MR) is 74.6 cm³/mol.